The molecule has 0 bridgehead atoms. The van der Waals surface area contributed by atoms with E-state index in [2.05, 4.69) is 5.32 Å². The first-order valence-corrected chi connectivity index (χ1v) is 6.52. The van der Waals surface area contributed by atoms with Gasteiger partial charge in [0.2, 0.25) is 11.8 Å². The Bertz CT molecular complexity index is 415. The molecular formula is C13H22N2O5. The molecule has 0 aliphatic carbocycles. The maximum Gasteiger partial charge on any atom is 0.326 e. The van der Waals surface area contributed by atoms with E-state index in [1.807, 2.05) is 0 Å². The summed E-state index contributed by atoms with van der Waals surface area (Å²) in [6.07, 6.45) is -0.837. The van der Waals surface area contributed by atoms with Crippen molar-refractivity contribution in [1.82, 2.24) is 10.2 Å². The Hall–Kier alpha value is -1.63. The highest BCUT2D eigenvalue weighted by Crippen LogP contribution is 2.26. The Morgan fingerprint density at radius 3 is 2.25 bits per heavy atom. The van der Waals surface area contributed by atoms with E-state index in [9.17, 15) is 19.5 Å². The van der Waals surface area contributed by atoms with E-state index in [1.165, 1.54) is 6.92 Å². The smallest absolute Gasteiger partial charge is 0.326 e. The molecule has 1 saturated heterocycles. The number of carboxylic acid groups (broad SMARTS) is 1. The molecule has 3 atom stereocenters. The molecule has 7 nitrogen and oxygen atoms in total. The Kier molecular flexibility index (Phi) is 4.75. The molecule has 7 heteroatoms. The van der Waals surface area contributed by atoms with Crippen LogP contribution in [0, 0.1) is 5.41 Å². The Morgan fingerprint density at radius 1 is 1.30 bits per heavy atom. The van der Waals surface area contributed by atoms with Crippen molar-refractivity contribution in [2.75, 3.05) is 6.54 Å². The number of nitrogens with zero attached hydrogens (tertiary/aromatic N) is 1. The Morgan fingerprint density at radius 2 is 1.85 bits per heavy atom. The first-order valence-electron chi connectivity index (χ1n) is 6.52. The first kappa shape index (κ1) is 16.4. The first-order chi connectivity index (χ1) is 9.04. The second-order valence-electron chi connectivity index (χ2n) is 6.23. The summed E-state index contributed by atoms with van der Waals surface area (Å²) in [4.78, 5) is 36.1. The molecule has 1 rings (SSSR count). The number of carboxylic acids is 1. The van der Waals surface area contributed by atoms with Gasteiger partial charge in [0, 0.05) is 19.9 Å². The monoisotopic (exact) mass is 286 g/mol. The number of aliphatic hydroxyl groups is 1. The van der Waals surface area contributed by atoms with Crippen LogP contribution in [-0.2, 0) is 14.4 Å². The van der Waals surface area contributed by atoms with Gasteiger partial charge in [-0.1, -0.05) is 20.8 Å². The molecular weight excluding hydrogens is 264 g/mol. The van der Waals surface area contributed by atoms with Gasteiger partial charge in [-0.3, -0.25) is 9.59 Å². The zero-order chi connectivity index (χ0) is 15.7. The van der Waals surface area contributed by atoms with Crippen molar-refractivity contribution in [3.8, 4) is 0 Å². The van der Waals surface area contributed by atoms with Crippen molar-refractivity contribution in [2.24, 2.45) is 5.41 Å². The lowest BCUT2D eigenvalue weighted by Gasteiger charge is -2.34. The van der Waals surface area contributed by atoms with E-state index < -0.39 is 35.5 Å². The summed E-state index contributed by atoms with van der Waals surface area (Å²) >= 11 is 0. The molecule has 0 spiro atoms. The van der Waals surface area contributed by atoms with Gasteiger partial charge in [-0.05, 0) is 5.41 Å². The van der Waals surface area contributed by atoms with Crippen molar-refractivity contribution < 1.29 is 24.6 Å². The number of hydrogen-bond donors (Lipinski definition) is 3. The predicted molar refractivity (Wildman–Crippen MR) is 70.8 cm³/mol. The highest BCUT2D eigenvalue weighted by Gasteiger charge is 2.44. The SMILES string of the molecule is CC(=O)NC(C(=O)N1CC(O)CC1C(=O)O)C(C)(C)C. The zero-order valence-corrected chi connectivity index (χ0v) is 12.2. The average Bonchev–Trinajstić information content (AvgIpc) is 2.65. The van der Waals surface area contributed by atoms with Crippen molar-refractivity contribution in [3.05, 3.63) is 0 Å². The molecule has 0 aromatic carbocycles. The van der Waals surface area contributed by atoms with E-state index in [0.717, 1.165) is 4.90 Å². The Labute approximate surface area is 117 Å². The van der Waals surface area contributed by atoms with Crippen molar-refractivity contribution >= 4 is 17.8 Å². The number of carbonyl (C=O) groups excluding carboxylic acids is 2. The molecule has 3 unspecified atom stereocenters. The van der Waals surface area contributed by atoms with Gasteiger partial charge in [-0.2, -0.15) is 0 Å². The number of aliphatic carboxylic acids is 1. The number of nitrogens with one attached hydrogen (secondary N) is 1. The van der Waals surface area contributed by atoms with Gasteiger partial charge in [-0.25, -0.2) is 4.79 Å². The largest absolute Gasteiger partial charge is 0.480 e. The summed E-state index contributed by atoms with van der Waals surface area (Å²) in [6, 6.07) is -1.87. The third-order valence-electron chi connectivity index (χ3n) is 3.31. The normalized spacial score (nSPS) is 24.4. The highest BCUT2D eigenvalue weighted by atomic mass is 16.4. The quantitative estimate of drug-likeness (QED) is 0.653. The number of hydrogen-bond acceptors (Lipinski definition) is 4. The van der Waals surface area contributed by atoms with Gasteiger partial charge < -0.3 is 20.4 Å². The highest BCUT2D eigenvalue weighted by molar-refractivity contribution is 5.91. The van der Waals surface area contributed by atoms with Gasteiger partial charge in [0.25, 0.3) is 0 Å². The lowest BCUT2D eigenvalue weighted by molar-refractivity contribution is -0.150. The van der Waals surface area contributed by atoms with Crippen LogP contribution in [0.25, 0.3) is 0 Å². The third-order valence-corrected chi connectivity index (χ3v) is 3.31. The topological polar surface area (TPSA) is 107 Å². The fraction of sp³-hybridized carbons (Fsp3) is 0.769. The number of carbonyl (C=O) groups is 3. The summed E-state index contributed by atoms with van der Waals surface area (Å²) in [5, 5.41) is 21.3. The summed E-state index contributed by atoms with van der Waals surface area (Å²) < 4.78 is 0. The minimum absolute atomic E-state index is 0.0119. The summed E-state index contributed by atoms with van der Waals surface area (Å²) in [5.74, 6) is -1.98. The lowest BCUT2D eigenvalue weighted by Crippen LogP contribution is -2.56. The van der Waals surface area contributed by atoms with Crippen LogP contribution >= 0.6 is 0 Å². The summed E-state index contributed by atoms with van der Waals surface area (Å²) in [6.45, 7) is 6.64. The van der Waals surface area contributed by atoms with Gasteiger partial charge >= 0.3 is 5.97 Å². The van der Waals surface area contributed by atoms with E-state index in [4.69, 9.17) is 5.11 Å². The standard InChI is InChI=1S/C13H22N2O5/c1-7(16)14-10(13(2,3)4)11(18)15-6-8(17)5-9(15)12(19)20/h8-10,17H,5-6H2,1-4H3,(H,14,16)(H,19,20). The fourth-order valence-electron chi connectivity index (χ4n) is 2.31. The molecule has 114 valence electrons. The number of aliphatic hydroxyl groups excluding tert-OH is 1. The van der Waals surface area contributed by atoms with Gasteiger partial charge in [0.15, 0.2) is 0 Å². The van der Waals surface area contributed by atoms with Gasteiger partial charge in [0.05, 0.1) is 6.10 Å². The minimum atomic E-state index is -1.15. The number of rotatable bonds is 3. The van der Waals surface area contributed by atoms with Crippen LogP contribution in [0.15, 0.2) is 0 Å². The van der Waals surface area contributed by atoms with Crippen LogP contribution in [0.5, 0.6) is 0 Å². The minimum Gasteiger partial charge on any atom is -0.480 e. The molecule has 0 aromatic rings. The van der Waals surface area contributed by atoms with E-state index in [0.29, 0.717) is 0 Å². The van der Waals surface area contributed by atoms with E-state index in [-0.39, 0.29) is 18.9 Å². The molecule has 0 radical (unpaired) electrons. The molecule has 2 amide bonds. The second-order valence-corrected chi connectivity index (χ2v) is 6.23. The lowest BCUT2D eigenvalue weighted by atomic mass is 9.85. The number of likely N-dealkylation sites (tertiary alicyclic amines) is 1. The fourth-order valence-corrected chi connectivity index (χ4v) is 2.31. The van der Waals surface area contributed by atoms with E-state index >= 15 is 0 Å². The summed E-state index contributed by atoms with van der Waals surface area (Å²) in [7, 11) is 0. The molecule has 1 aliphatic rings. The van der Waals surface area contributed by atoms with Crippen LogP contribution < -0.4 is 5.32 Å². The maximum absolute atomic E-state index is 12.5. The van der Waals surface area contributed by atoms with Crippen molar-refractivity contribution in [1.29, 1.82) is 0 Å². The van der Waals surface area contributed by atoms with Gasteiger partial charge in [0.1, 0.15) is 12.1 Å². The molecule has 1 fully saturated rings. The maximum atomic E-state index is 12.5. The van der Waals surface area contributed by atoms with E-state index in [1.54, 1.807) is 20.8 Å². The van der Waals surface area contributed by atoms with Crippen LogP contribution in [0.3, 0.4) is 0 Å². The zero-order valence-electron chi connectivity index (χ0n) is 12.2. The predicted octanol–water partition coefficient (Wildman–Crippen LogP) is -0.416. The van der Waals surface area contributed by atoms with Crippen LogP contribution in [0.4, 0.5) is 0 Å². The Balaban J connectivity index is 2.99. The molecule has 20 heavy (non-hydrogen) atoms. The molecule has 3 N–H and O–H groups in total. The number of β-amino-alcohol motifs (C(OH)–C–C–N with tert-alkyl or cyclic N) is 1. The van der Waals surface area contributed by atoms with Crippen molar-refractivity contribution in [2.45, 2.75) is 52.3 Å². The molecule has 0 saturated carbocycles. The van der Waals surface area contributed by atoms with Crippen LogP contribution in [0.2, 0.25) is 0 Å². The second kappa shape index (κ2) is 5.78. The number of amides is 2. The molecule has 0 aromatic heterocycles. The third kappa shape index (κ3) is 3.69. The summed E-state index contributed by atoms with van der Waals surface area (Å²) in [5.41, 5.74) is -0.556. The molecule has 1 heterocycles. The van der Waals surface area contributed by atoms with Crippen LogP contribution in [0.1, 0.15) is 34.1 Å². The average molecular weight is 286 g/mol. The van der Waals surface area contributed by atoms with Crippen molar-refractivity contribution in [3.63, 3.8) is 0 Å². The van der Waals surface area contributed by atoms with Crippen LogP contribution in [-0.4, -0.2) is 57.6 Å². The van der Waals surface area contributed by atoms with Gasteiger partial charge in [-0.15, -0.1) is 0 Å². The molecule has 1 aliphatic heterocycles.